The molecule has 2 aromatic rings. The van der Waals surface area contributed by atoms with Crippen LogP contribution in [0, 0.1) is 13.8 Å². The fourth-order valence-electron chi connectivity index (χ4n) is 2.51. The second-order valence-corrected chi connectivity index (χ2v) is 5.74. The summed E-state index contributed by atoms with van der Waals surface area (Å²) in [4.78, 5) is 0. The van der Waals surface area contributed by atoms with E-state index in [-0.39, 0.29) is 6.04 Å². The zero-order valence-corrected chi connectivity index (χ0v) is 13.2. The Bertz CT molecular complexity index is 577. The monoisotopic (exact) mass is 287 g/mol. The zero-order valence-electron chi connectivity index (χ0n) is 12.4. The quantitative estimate of drug-likeness (QED) is 0.812. The molecule has 0 spiro atoms. The van der Waals surface area contributed by atoms with Crippen LogP contribution in [0.4, 0.5) is 0 Å². The zero-order chi connectivity index (χ0) is 14.5. The van der Waals surface area contributed by atoms with Crippen LogP contribution in [0.5, 0.6) is 0 Å². The molecule has 0 heterocycles. The number of aryl methyl sites for hydroxylation is 2. The topological polar surface area (TPSA) is 12.0 Å². The van der Waals surface area contributed by atoms with Gasteiger partial charge in [0.05, 0.1) is 6.04 Å². The Balaban J connectivity index is 2.41. The summed E-state index contributed by atoms with van der Waals surface area (Å²) in [5.74, 6) is 0. The van der Waals surface area contributed by atoms with Gasteiger partial charge in [0.1, 0.15) is 0 Å². The van der Waals surface area contributed by atoms with Crippen LogP contribution in [0.25, 0.3) is 0 Å². The van der Waals surface area contributed by atoms with Crippen molar-refractivity contribution in [2.75, 3.05) is 6.54 Å². The van der Waals surface area contributed by atoms with Gasteiger partial charge in [0.2, 0.25) is 0 Å². The average molecular weight is 288 g/mol. The van der Waals surface area contributed by atoms with Crippen molar-refractivity contribution in [3.63, 3.8) is 0 Å². The molecule has 20 heavy (non-hydrogen) atoms. The summed E-state index contributed by atoms with van der Waals surface area (Å²) in [6.45, 7) is 7.45. The lowest BCUT2D eigenvalue weighted by molar-refractivity contribution is 0.596. The molecule has 0 aromatic heterocycles. The molecule has 1 N–H and O–H groups in total. The van der Waals surface area contributed by atoms with Crippen molar-refractivity contribution in [1.29, 1.82) is 0 Å². The minimum atomic E-state index is 0.229. The predicted molar refractivity (Wildman–Crippen MR) is 87.5 cm³/mol. The van der Waals surface area contributed by atoms with Crippen molar-refractivity contribution in [1.82, 2.24) is 5.32 Å². The highest BCUT2D eigenvalue weighted by Crippen LogP contribution is 2.27. The SMILES string of the molecule is CCCNC(c1cccc(C)c1)c1ccc(Cl)cc1C. The minimum Gasteiger partial charge on any atom is -0.306 e. The molecule has 0 fully saturated rings. The minimum absolute atomic E-state index is 0.229. The third kappa shape index (κ3) is 3.62. The van der Waals surface area contributed by atoms with Gasteiger partial charge in [0, 0.05) is 5.02 Å². The highest BCUT2D eigenvalue weighted by Gasteiger charge is 2.15. The normalized spacial score (nSPS) is 12.4. The molecule has 1 nitrogen and oxygen atoms in total. The van der Waals surface area contributed by atoms with Gasteiger partial charge in [-0.3, -0.25) is 0 Å². The van der Waals surface area contributed by atoms with E-state index < -0.39 is 0 Å². The van der Waals surface area contributed by atoms with Crippen LogP contribution in [0.2, 0.25) is 5.02 Å². The fraction of sp³-hybridized carbons (Fsp3) is 0.333. The molecule has 0 radical (unpaired) electrons. The lowest BCUT2D eigenvalue weighted by atomic mass is 9.94. The van der Waals surface area contributed by atoms with Gasteiger partial charge in [0.25, 0.3) is 0 Å². The molecule has 0 aliphatic rings. The summed E-state index contributed by atoms with van der Waals surface area (Å²) in [5, 5.41) is 4.44. The third-order valence-electron chi connectivity index (χ3n) is 3.52. The smallest absolute Gasteiger partial charge is 0.0579 e. The molecule has 1 atom stereocenters. The Morgan fingerprint density at radius 1 is 1.10 bits per heavy atom. The van der Waals surface area contributed by atoms with E-state index in [1.165, 1.54) is 22.3 Å². The molecule has 1 unspecified atom stereocenters. The maximum absolute atomic E-state index is 6.08. The van der Waals surface area contributed by atoms with Crippen LogP contribution in [0.15, 0.2) is 42.5 Å². The van der Waals surface area contributed by atoms with Crippen molar-refractivity contribution in [3.05, 3.63) is 69.7 Å². The summed E-state index contributed by atoms with van der Waals surface area (Å²) in [6, 6.07) is 15.1. The van der Waals surface area contributed by atoms with Gasteiger partial charge in [-0.25, -0.2) is 0 Å². The Morgan fingerprint density at radius 3 is 2.55 bits per heavy atom. The summed E-state index contributed by atoms with van der Waals surface area (Å²) in [7, 11) is 0. The van der Waals surface area contributed by atoms with E-state index in [1.54, 1.807) is 0 Å². The number of hydrogen-bond acceptors (Lipinski definition) is 1. The van der Waals surface area contributed by atoms with Crippen molar-refractivity contribution >= 4 is 11.6 Å². The summed E-state index contributed by atoms with van der Waals surface area (Å²) >= 11 is 6.08. The van der Waals surface area contributed by atoms with E-state index in [0.717, 1.165) is 18.0 Å². The maximum Gasteiger partial charge on any atom is 0.0579 e. The number of nitrogens with one attached hydrogen (secondary N) is 1. The van der Waals surface area contributed by atoms with Gasteiger partial charge < -0.3 is 5.32 Å². The largest absolute Gasteiger partial charge is 0.306 e. The molecule has 0 saturated carbocycles. The Morgan fingerprint density at radius 2 is 1.90 bits per heavy atom. The number of halogens is 1. The van der Waals surface area contributed by atoms with Crippen molar-refractivity contribution in [2.45, 2.75) is 33.2 Å². The van der Waals surface area contributed by atoms with Gasteiger partial charge in [-0.15, -0.1) is 0 Å². The highest BCUT2D eigenvalue weighted by atomic mass is 35.5. The molecule has 2 heteroatoms. The molecule has 0 amide bonds. The van der Waals surface area contributed by atoms with Crippen molar-refractivity contribution < 1.29 is 0 Å². The number of rotatable bonds is 5. The van der Waals surface area contributed by atoms with E-state index in [1.807, 2.05) is 12.1 Å². The second-order valence-electron chi connectivity index (χ2n) is 5.30. The van der Waals surface area contributed by atoms with Gasteiger partial charge >= 0.3 is 0 Å². The Kier molecular flexibility index (Phi) is 5.22. The maximum atomic E-state index is 6.08. The van der Waals surface area contributed by atoms with Crippen LogP contribution in [-0.2, 0) is 0 Å². The Labute approximate surface area is 127 Å². The molecular formula is C18H22ClN. The van der Waals surface area contributed by atoms with Crippen LogP contribution < -0.4 is 5.32 Å². The molecular weight excluding hydrogens is 266 g/mol. The van der Waals surface area contributed by atoms with E-state index in [2.05, 4.69) is 56.4 Å². The van der Waals surface area contributed by atoms with E-state index in [9.17, 15) is 0 Å². The molecule has 0 bridgehead atoms. The summed E-state index contributed by atoms with van der Waals surface area (Å²) in [5.41, 5.74) is 5.13. The van der Waals surface area contributed by atoms with E-state index in [4.69, 9.17) is 11.6 Å². The first-order valence-electron chi connectivity index (χ1n) is 7.18. The van der Waals surface area contributed by atoms with Gasteiger partial charge in [-0.05, 0) is 55.6 Å². The number of hydrogen-bond donors (Lipinski definition) is 1. The van der Waals surface area contributed by atoms with Crippen molar-refractivity contribution in [2.24, 2.45) is 0 Å². The van der Waals surface area contributed by atoms with E-state index in [0.29, 0.717) is 0 Å². The standard InChI is InChI=1S/C18H22ClN/c1-4-10-20-18(15-7-5-6-13(2)11-15)17-9-8-16(19)12-14(17)3/h5-9,11-12,18,20H,4,10H2,1-3H3. The van der Waals surface area contributed by atoms with Gasteiger partial charge in [-0.2, -0.15) is 0 Å². The molecule has 0 aliphatic heterocycles. The molecule has 2 rings (SSSR count). The first kappa shape index (κ1) is 15.1. The summed E-state index contributed by atoms with van der Waals surface area (Å²) in [6.07, 6.45) is 1.12. The Hall–Kier alpha value is -1.31. The number of benzene rings is 2. The van der Waals surface area contributed by atoms with Crippen LogP contribution in [0.1, 0.15) is 41.6 Å². The van der Waals surface area contributed by atoms with E-state index >= 15 is 0 Å². The molecule has 106 valence electrons. The first-order valence-corrected chi connectivity index (χ1v) is 7.55. The predicted octanol–water partition coefficient (Wildman–Crippen LogP) is 5.05. The first-order chi connectivity index (χ1) is 9.61. The molecule has 2 aromatic carbocycles. The van der Waals surface area contributed by atoms with Gasteiger partial charge in [-0.1, -0.05) is 54.4 Å². The van der Waals surface area contributed by atoms with Crippen LogP contribution in [0.3, 0.4) is 0 Å². The van der Waals surface area contributed by atoms with Gasteiger partial charge in [0.15, 0.2) is 0 Å². The van der Waals surface area contributed by atoms with Crippen molar-refractivity contribution in [3.8, 4) is 0 Å². The average Bonchev–Trinajstić information content (AvgIpc) is 2.41. The molecule has 0 aliphatic carbocycles. The lowest BCUT2D eigenvalue weighted by Crippen LogP contribution is -2.24. The van der Waals surface area contributed by atoms with Crippen LogP contribution >= 0.6 is 11.6 Å². The lowest BCUT2D eigenvalue weighted by Gasteiger charge is -2.22. The molecule has 0 saturated heterocycles. The highest BCUT2D eigenvalue weighted by molar-refractivity contribution is 6.30. The summed E-state index contributed by atoms with van der Waals surface area (Å²) < 4.78 is 0. The second kappa shape index (κ2) is 6.92. The fourth-order valence-corrected chi connectivity index (χ4v) is 2.74. The van der Waals surface area contributed by atoms with Crippen LogP contribution in [-0.4, -0.2) is 6.54 Å². The third-order valence-corrected chi connectivity index (χ3v) is 3.75.